The molecule has 0 unspecified atom stereocenters. The molecular weight excluding hydrogens is 394 g/mol. The molecule has 1 amide bonds. The molecule has 5 rings (SSSR count). The molecule has 6 nitrogen and oxygen atoms in total. The van der Waals surface area contributed by atoms with Crippen molar-refractivity contribution in [3.05, 3.63) is 112 Å². The summed E-state index contributed by atoms with van der Waals surface area (Å²) in [5.41, 5.74) is 3.02. The van der Waals surface area contributed by atoms with Crippen molar-refractivity contribution in [2.45, 2.75) is 12.5 Å². The molecule has 3 aromatic carbocycles. The van der Waals surface area contributed by atoms with E-state index >= 15 is 0 Å². The van der Waals surface area contributed by atoms with E-state index in [2.05, 4.69) is 5.32 Å². The topological polar surface area (TPSA) is 85.6 Å². The van der Waals surface area contributed by atoms with Gasteiger partial charge < -0.3 is 14.5 Å². The number of benzene rings is 3. The Labute approximate surface area is 177 Å². The molecule has 0 aliphatic carbocycles. The highest BCUT2D eigenvalue weighted by Crippen LogP contribution is 2.31. The Hall–Kier alpha value is -4.19. The number of hydrogen-bond acceptors (Lipinski definition) is 5. The number of anilines is 1. The zero-order chi connectivity index (χ0) is 21.4. The predicted molar refractivity (Wildman–Crippen MR) is 115 cm³/mol. The summed E-state index contributed by atoms with van der Waals surface area (Å²) < 4.78 is 10.7. The molecule has 1 N–H and O–H groups in total. The van der Waals surface area contributed by atoms with Crippen LogP contribution >= 0.6 is 0 Å². The number of carbonyl (C=O) groups is 2. The molecule has 0 bridgehead atoms. The lowest BCUT2D eigenvalue weighted by Gasteiger charge is -2.25. The van der Waals surface area contributed by atoms with Crippen molar-refractivity contribution in [3.8, 4) is 0 Å². The van der Waals surface area contributed by atoms with Crippen molar-refractivity contribution in [2.24, 2.45) is 0 Å². The molecule has 2 heterocycles. The summed E-state index contributed by atoms with van der Waals surface area (Å²) in [5.74, 6) is -0.720. The van der Waals surface area contributed by atoms with Crippen molar-refractivity contribution in [3.63, 3.8) is 0 Å². The van der Waals surface area contributed by atoms with Crippen molar-refractivity contribution >= 4 is 28.5 Å². The van der Waals surface area contributed by atoms with E-state index in [1.54, 1.807) is 42.5 Å². The van der Waals surface area contributed by atoms with Gasteiger partial charge in [-0.25, -0.2) is 9.59 Å². The number of fused-ring (bicyclic) bond motifs is 2. The van der Waals surface area contributed by atoms with Crippen molar-refractivity contribution in [2.75, 3.05) is 5.32 Å². The Balaban J connectivity index is 1.41. The maximum Gasteiger partial charge on any atom is 0.339 e. The lowest BCUT2D eigenvalue weighted by Crippen LogP contribution is -2.23. The van der Waals surface area contributed by atoms with Gasteiger partial charge in [0.2, 0.25) is 0 Å². The number of carbonyl (C=O) groups excluding carboxylic acids is 2. The van der Waals surface area contributed by atoms with E-state index < -0.39 is 11.6 Å². The molecule has 1 aliphatic rings. The van der Waals surface area contributed by atoms with E-state index in [1.807, 2.05) is 30.3 Å². The van der Waals surface area contributed by atoms with Crippen LogP contribution in [0.15, 0.2) is 88.1 Å². The van der Waals surface area contributed by atoms with Gasteiger partial charge in [0.05, 0.1) is 5.56 Å². The van der Waals surface area contributed by atoms with Crippen LogP contribution in [0.3, 0.4) is 0 Å². The zero-order valence-corrected chi connectivity index (χ0v) is 16.3. The predicted octanol–water partition coefficient (Wildman–Crippen LogP) is 4.50. The molecule has 0 spiro atoms. The second kappa shape index (κ2) is 7.57. The largest absolute Gasteiger partial charge is 0.454 e. The Kier molecular flexibility index (Phi) is 4.59. The maximum absolute atomic E-state index is 12.8. The summed E-state index contributed by atoms with van der Waals surface area (Å²) in [5, 5.41) is 3.57. The van der Waals surface area contributed by atoms with Crippen LogP contribution in [-0.4, -0.2) is 11.9 Å². The van der Waals surface area contributed by atoms with Crippen molar-refractivity contribution in [1.82, 2.24) is 0 Å². The van der Waals surface area contributed by atoms with Crippen LogP contribution in [0.25, 0.3) is 11.0 Å². The fraction of sp³-hybridized carbons (Fsp3) is 0.0800. The summed E-state index contributed by atoms with van der Waals surface area (Å²) in [7, 11) is 0. The summed E-state index contributed by atoms with van der Waals surface area (Å²) in [6, 6.07) is 22.6. The third-order valence-electron chi connectivity index (χ3n) is 5.29. The summed E-state index contributed by atoms with van der Waals surface area (Å²) >= 11 is 0. The quantitative estimate of drug-likeness (QED) is 0.396. The van der Waals surface area contributed by atoms with Crippen LogP contribution in [0.1, 0.15) is 37.9 Å². The number of hydrogen-bond donors (Lipinski definition) is 1. The van der Waals surface area contributed by atoms with Gasteiger partial charge in [0.15, 0.2) is 0 Å². The average Bonchev–Trinajstić information content (AvgIpc) is 2.79. The molecule has 0 saturated heterocycles. The fourth-order valence-corrected chi connectivity index (χ4v) is 3.73. The molecule has 6 heteroatoms. The highest BCUT2D eigenvalue weighted by molar-refractivity contribution is 6.06. The molecule has 152 valence electrons. The first kappa shape index (κ1) is 18.8. The van der Waals surface area contributed by atoms with E-state index in [9.17, 15) is 14.4 Å². The van der Waals surface area contributed by atoms with E-state index in [0.717, 1.165) is 16.5 Å². The second-order valence-corrected chi connectivity index (χ2v) is 7.34. The first-order valence-corrected chi connectivity index (χ1v) is 9.81. The summed E-state index contributed by atoms with van der Waals surface area (Å²) in [6.07, 6.45) is 0.107. The smallest absolute Gasteiger partial charge is 0.339 e. The lowest BCUT2D eigenvalue weighted by molar-refractivity contribution is 0.0252. The van der Waals surface area contributed by atoms with E-state index in [4.69, 9.17) is 9.15 Å². The Bertz CT molecular complexity index is 1370. The number of nitrogens with one attached hydrogen (secondary N) is 1. The highest BCUT2D eigenvalue weighted by Gasteiger charge is 2.28. The third kappa shape index (κ3) is 3.71. The summed E-state index contributed by atoms with van der Waals surface area (Å²) in [4.78, 5) is 36.7. The van der Waals surface area contributed by atoms with Gasteiger partial charge in [-0.05, 0) is 47.5 Å². The Morgan fingerprint density at radius 2 is 1.71 bits per heavy atom. The molecule has 0 fully saturated rings. The molecule has 0 saturated carbocycles. The van der Waals surface area contributed by atoms with Gasteiger partial charge in [-0.2, -0.15) is 0 Å². The molecule has 4 aromatic rings. The number of rotatable bonds is 3. The van der Waals surface area contributed by atoms with Gasteiger partial charge in [0, 0.05) is 35.2 Å². The normalized spacial score (nSPS) is 15.2. The zero-order valence-electron chi connectivity index (χ0n) is 16.3. The van der Waals surface area contributed by atoms with Gasteiger partial charge >= 0.3 is 11.6 Å². The van der Waals surface area contributed by atoms with Gasteiger partial charge in [0.1, 0.15) is 11.7 Å². The van der Waals surface area contributed by atoms with Crippen molar-refractivity contribution < 1.29 is 18.7 Å². The number of esters is 1. The maximum atomic E-state index is 12.8. The third-order valence-corrected chi connectivity index (χ3v) is 5.29. The van der Waals surface area contributed by atoms with Crippen molar-refractivity contribution in [1.29, 1.82) is 0 Å². The Morgan fingerprint density at radius 1 is 0.903 bits per heavy atom. The van der Waals surface area contributed by atoms with Crippen LogP contribution < -0.4 is 10.9 Å². The summed E-state index contributed by atoms with van der Waals surface area (Å²) in [6.45, 7) is 0. The van der Waals surface area contributed by atoms with Gasteiger partial charge in [-0.15, -0.1) is 0 Å². The van der Waals surface area contributed by atoms with Gasteiger partial charge in [-0.1, -0.05) is 30.3 Å². The van der Waals surface area contributed by atoms with Gasteiger partial charge in [0.25, 0.3) is 5.91 Å². The molecule has 0 radical (unpaired) electrons. The average molecular weight is 411 g/mol. The van der Waals surface area contributed by atoms with Crippen LogP contribution in [0.4, 0.5) is 5.69 Å². The first-order valence-electron chi connectivity index (χ1n) is 9.81. The molecule has 31 heavy (non-hydrogen) atoms. The standard InChI is InChI=1S/C25H17NO5/c27-23-11-8-16-6-9-19(14-22(16)30-23)26-24(28)17-7-10-20-18(12-17)13-21(31-25(20)29)15-4-2-1-3-5-15/h1-12,14,21H,13H2,(H,26,28)/t21-/m0/s1. The fourth-order valence-electron chi connectivity index (χ4n) is 3.73. The first-order chi connectivity index (χ1) is 15.1. The van der Waals surface area contributed by atoms with E-state index in [1.165, 1.54) is 6.07 Å². The van der Waals surface area contributed by atoms with Crippen LogP contribution in [0.5, 0.6) is 0 Å². The molecule has 1 aliphatic heterocycles. The molecular formula is C25H17NO5. The Morgan fingerprint density at radius 3 is 2.55 bits per heavy atom. The molecule has 1 aromatic heterocycles. The van der Waals surface area contributed by atoms with E-state index in [-0.39, 0.29) is 12.0 Å². The van der Waals surface area contributed by atoms with E-state index in [0.29, 0.717) is 28.8 Å². The molecule has 1 atom stereocenters. The monoisotopic (exact) mass is 411 g/mol. The number of amides is 1. The minimum absolute atomic E-state index is 0.323. The minimum Gasteiger partial charge on any atom is -0.454 e. The van der Waals surface area contributed by atoms with Gasteiger partial charge in [-0.3, -0.25) is 4.79 Å². The van der Waals surface area contributed by atoms with Crippen LogP contribution in [-0.2, 0) is 11.2 Å². The van der Waals surface area contributed by atoms with Crippen LogP contribution in [0.2, 0.25) is 0 Å². The number of cyclic esters (lactones) is 1. The number of ether oxygens (including phenoxy) is 1. The lowest BCUT2D eigenvalue weighted by atomic mass is 9.93. The second-order valence-electron chi connectivity index (χ2n) is 7.34. The minimum atomic E-state index is -0.453. The SMILES string of the molecule is O=C(Nc1ccc2ccc(=O)oc2c1)c1ccc2c(c1)C[C@@H](c1ccccc1)OC2=O. The van der Waals surface area contributed by atoms with Crippen LogP contribution in [0, 0.1) is 0 Å². The highest BCUT2D eigenvalue weighted by atomic mass is 16.5.